The van der Waals surface area contributed by atoms with Gasteiger partial charge in [0, 0.05) is 35.3 Å². The molecule has 0 radical (unpaired) electrons. The molecule has 0 aliphatic carbocycles. The van der Waals surface area contributed by atoms with Gasteiger partial charge in [-0.25, -0.2) is 0 Å². The highest BCUT2D eigenvalue weighted by Gasteiger charge is 2.34. The highest BCUT2D eigenvalue weighted by atomic mass is 79.9. The highest BCUT2D eigenvalue weighted by Crippen LogP contribution is 2.37. The fourth-order valence-corrected chi connectivity index (χ4v) is 3.20. The van der Waals surface area contributed by atoms with E-state index in [1.54, 1.807) is 6.07 Å². The first-order valence-corrected chi connectivity index (χ1v) is 8.02. The Morgan fingerprint density at radius 3 is 2.57 bits per heavy atom. The van der Waals surface area contributed by atoms with E-state index in [1.807, 2.05) is 0 Å². The van der Waals surface area contributed by atoms with Crippen LogP contribution in [0.5, 0.6) is 0 Å². The minimum atomic E-state index is -4.34. The van der Waals surface area contributed by atoms with Crippen molar-refractivity contribution in [3.05, 3.63) is 28.2 Å². The number of nitrogens with zero attached hydrogens (tertiary/aromatic N) is 1. The Kier molecular flexibility index (Phi) is 5.20. The molecule has 21 heavy (non-hydrogen) atoms. The Balaban J connectivity index is 2.34. The predicted octanol–water partition coefficient (Wildman–Crippen LogP) is 4.43. The van der Waals surface area contributed by atoms with E-state index in [0.29, 0.717) is 11.7 Å². The van der Waals surface area contributed by atoms with Crippen molar-refractivity contribution in [1.29, 1.82) is 0 Å². The maximum absolute atomic E-state index is 13.1. The van der Waals surface area contributed by atoms with Gasteiger partial charge in [-0.3, -0.25) is 0 Å². The number of alkyl halides is 3. The molecule has 0 amide bonds. The molecule has 0 aromatic heterocycles. The molecule has 1 saturated heterocycles. The zero-order valence-electron chi connectivity index (χ0n) is 12.2. The summed E-state index contributed by atoms with van der Waals surface area (Å²) in [7, 11) is 0. The van der Waals surface area contributed by atoms with Crippen LogP contribution in [0.3, 0.4) is 0 Å². The minimum absolute atomic E-state index is 0.0916. The molecular formula is C15H20BrF3N2. The number of anilines is 1. The SMILES string of the molecule is CCC1CN(c2ccc(Br)c(C(F)(F)F)c2)C(CC)CN1. The van der Waals surface area contributed by atoms with Crippen molar-refractivity contribution in [3.63, 3.8) is 0 Å². The van der Waals surface area contributed by atoms with Crippen LogP contribution in [0.4, 0.5) is 18.9 Å². The fraction of sp³-hybridized carbons (Fsp3) is 0.600. The van der Waals surface area contributed by atoms with Crippen molar-refractivity contribution in [1.82, 2.24) is 5.32 Å². The van der Waals surface area contributed by atoms with E-state index in [9.17, 15) is 13.2 Å². The number of hydrogen-bond acceptors (Lipinski definition) is 2. The molecular weight excluding hydrogens is 345 g/mol. The lowest BCUT2D eigenvalue weighted by Crippen LogP contribution is -2.56. The van der Waals surface area contributed by atoms with Gasteiger partial charge in [0.15, 0.2) is 0 Å². The van der Waals surface area contributed by atoms with Crippen LogP contribution in [-0.2, 0) is 6.18 Å². The Bertz CT molecular complexity index is 490. The van der Waals surface area contributed by atoms with Crippen LogP contribution < -0.4 is 10.2 Å². The van der Waals surface area contributed by atoms with Gasteiger partial charge in [-0.15, -0.1) is 0 Å². The first kappa shape index (κ1) is 16.6. The monoisotopic (exact) mass is 364 g/mol. The molecule has 1 aromatic rings. The minimum Gasteiger partial charge on any atom is -0.366 e. The molecule has 1 aliphatic heterocycles. The summed E-state index contributed by atoms with van der Waals surface area (Å²) in [6.45, 7) is 5.71. The van der Waals surface area contributed by atoms with Crippen molar-refractivity contribution in [3.8, 4) is 0 Å². The Morgan fingerprint density at radius 2 is 2.00 bits per heavy atom. The Morgan fingerprint density at radius 1 is 1.29 bits per heavy atom. The second kappa shape index (κ2) is 6.57. The van der Waals surface area contributed by atoms with Crippen LogP contribution >= 0.6 is 15.9 Å². The van der Waals surface area contributed by atoms with E-state index in [1.165, 1.54) is 12.1 Å². The quantitative estimate of drug-likeness (QED) is 0.852. The van der Waals surface area contributed by atoms with Crippen LogP contribution in [-0.4, -0.2) is 25.2 Å². The molecule has 2 atom stereocenters. The third-order valence-corrected chi connectivity index (χ3v) is 4.74. The third-order valence-electron chi connectivity index (χ3n) is 4.05. The van der Waals surface area contributed by atoms with E-state index < -0.39 is 11.7 Å². The van der Waals surface area contributed by atoms with Crippen LogP contribution in [0.15, 0.2) is 22.7 Å². The van der Waals surface area contributed by atoms with Crippen LogP contribution in [0.2, 0.25) is 0 Å². The average Bonchev–Trinajstić information content (AvgIpc) is 2.46. The van der Waals surface area contributed by atoms with Crippen molar-refractivity contribution in [2.45, 2.75) is 44.9 Å². The largest absolute Gasteiger partial charge is 0.417 e. The van der Waals surface area contributed by atoms with Gasteiger partial charge in [-0.2, -0.15) is 13.2 Å². The Labute approximate surface area is 131 Å². The van der Waals surface area contributed by atoms with Crippen LogP contribution in [0.25, 0.3) is 0 Å². The Hall–Kier alpha value is -0.750. The second-order valence-corrected chi connectivity index (χ2v) is 6.24. The number of benzene rings is 1. The zero-order valence-corrected chi connectivity index (χ0v) is 13.8. The van der Waals surface area contributed by atoms with Gasteiger partial charge in [-0.1, -0.05) is 29.8 Å². The average molecular weight is 365 g/mol. The number of hydrogen-bond donors (Lipinski definition) is 1. The standard InChI is InChI=1S/C15H20BrF3N2/c1-3-10-9-21(11(4-2)8-20-10)12-5-6-14(16)13(7-12)15(17,18)19/h5-7,10-11,20H,3-4,8-9H2,1-2H3. The smallest absolute Gasteiger partial charge is 0.366 e. The number of piperazine rings is 1. The van der Waals surface area contributed by atoms with Crippen molar-refractivity contribution in [2.24, 2.45) is 0 Å². The van der Waals surface area contributed by atoms with Gasteiger partial charge in [0.2, 0.25) is 0 Å². The van der Waals surface area contributed by atoms with Crippen LogP contribution in [0.1, 0.15) is 32.3 Å². The molecule has 0 saturated carbocycles. The van der Waals surface area contributed by atoms with Gasteiger partial charge in [0.05, 0.1) is 5.56 Å². The molecule has 1 fully saturated rings. The van der Waals surface area contributed by atoms with Gasteiger partial charge in [0.25, 0.3) is 0 Å². The topological polar surface area (TPSA) is 15.3 Å². The summed E-state index contributed by atoms with van der Waals surface area (Å²) in [5.74, 6) is 0. The normalized spacial score (nSPS) is 23.4. The first-order valence-electron chi connectivity index (χ1n) is 7.23. The lowest BCUT2D eigenvalue weighted by Gasteiger charge is -2.41. The highest BCUT2D eigenvalue weighted by molar-refractivity contribution is 9.10. The summed E-state index contributed by atoms with van der Waals surface area (Å²) >= 11 is 3.00. The van der Waals surface area contributed by atoms with Gasteiger partial charge in [-0.05, 0) is 31.0 Å². The maximum atomic E-state index is 13.1. The molecule has 2 unspecified atom stereocenters. The van der Waals surface area contributed by atoms with E-state index in [2.05, 4.69) is 40.0 Å². The van der Waals surface area contributed by atoms with E-state index >= 15 is 0 Å². The molecule has 0 spiro atoms. The lowest BCUT2D eigenvalue weighted by atomic mass is 10.0. The number of rotatable bonds is 3. The third kappa shape index (κ3) is 3.72. The summed E-state index contributed by atoms with van der Waals surface area (Å²) in [6, 6.07) is 5.07. The second-order valence-electron chi connectivity index (χ2n) is 5.39. The molecule has 1 aliphatic rings. The maximum Gasteiger partial charge on any atom is 0.417 e. The van der Waals surface area contributed by atoms with E-state index in [0.717, 1.165) is 25.9 Å². The summed E-state index contributed by atoms with van der Waals surface area (Å²) in [4.78, 5) is 2.10. The molecule has 1 N–H and O–H groups in total. The first-order chi connectivity index (χ1) is 9.86. The summed E-state index contributed by atoms with van der Waals surface area (Å²) < 4.78 is 39.3. The summed E-state index contributed by atoms with van der Waals surface area (Å²) in [5.41, 5.74) is 0.0405. The van der Waals surface area contributed by atoms with Crippen molar-refractivity contribution >= 4 is 21.6 Å². The van der Waals surface area contributed by atoms with Crippen molar-refractivity contribution in [2.75, 3.05) is 18.0 Å². The van der Waals surface area contributed by atoms with E-state index in [-0.39, 0.29) is 10.5 Å². The zero-order chi connectivity index (χ0) is 15.6. The van der Waals surface area contributed by atoms with Gasteiger partial charge >= 0.3 is 6.18 Å². The molecule has 6 heteroatoms. The molecule has 2 rings (SSSR count). The van der Waals surface area contributed by atoms with Gasteiger partial charge < -0.3 is 10.2 Å². The summed E-state index contributed by atoms with van der Waals surface area (Å²) in [5, 5.41) is 3.45. The van der Waals surface area contributed by atoms with Gasteiger partial charge in [0.1, 0.15) is 0 Å². The van der Waals surface area contributed by atoms with Crippen molar-refractivity contribution < 1.29 is 13.2 Å². The molecule has 118 valence electrons. The predicted molar refractivity (Wildman–Crippen MR) is 82.7 cm³/mol. The van der Waals surface area contributed by atoms with Crippen LogP contribution in [0, 0.1) is 0 Å². The molecule has 0 bridgehead atoms. The lowest BCUT2D eigenvalue weighted by molar-refractivity contribution is -0.138. The molecule has 1 heterocycles. The number of halogens is 4. The molecule has 2 nitrogen and oxygen atoms in total. The number of nitrogens with one attached hydrogen (secondary N) is 1. The van der Waals surface area contributed by atoms with E-state index in [4.69, 9.17) is 0 Å². The summed E-state index contributed by atoms with van der Waals surface area (Å²) in [6.07, 6.45) is -2.47. The fourth-order valence-electron chi connectivity index (χ4n) is 2.73. The molecule has 1 aromatic carbocycles.